The van der Waals surface area contributed by atoms with E-state index in [1.807, 2.05) is 36.4 Å². The molecule has 0 bridgehead atoms. The van der Waals surface area contributed by atoms with Gasteiger partial charge in [-0.25, -0.2) is 4.39 Å². The fourth-order valence-corrected chi connectivity index (χ4v) is 2.16. The summed E-state index contributed by atoms with van der Waals surface area (Å²) in [6, 6.07) is 14.6. The molecule has 0 spiro atoms. The number of rotatable bonds is 3. The zero-order valence-electron chi connectivity index (χ0n) is 9.98. The van der Waals surface area contributed by atoms with Crippen molar-refractivity contribution in [2.45, 2.75) is 0 Å². The Kier molecular flexibility index (Phi) is 2.76. The van der Waals surface area contributed by atoms with Gasteiger partial charge >= 0.3 is 0 Å². The standard InChI is InChI=1S/C15H11FN2O/c16-12-6-7-13-11(15(12)17-9-19)8-14(18-13)10-4-2-1-3-5-10/h1-9,18H,(H,17,19). The van der Waals surface area contributed by atoms with Crippen LogP contribution < -0.4 is 5.32 Å². The average Bonchev–Trinajstić information content (AvgIpc) is 2.87. The number of hydrogen-bond acceptors (Lipinski definition) is 1. The second kappa shape index (κ2) is 4.57. The molecule has 0 aliphatic heterocycles. The summed E-state index contributed by atoms with van der Waals surface area (Å²) < 4.78 is 13.7. The van der Waals surface area contributed by atoms with Crippen LogP contribution in [0.25, 0.3) is 22.2 Å². The van der Waals surface area contributed by atoms with Crippen molar-refractivity contribution in [1.82, 2.24) is 4.98 Å². The summed E-state index contributed by atoms with van der Waals surface area (Å²) in [5.74, 6) is -0.446. The van der Waals surface area contributed by atoms with Crippen LogP contribution in [0, 0.1) is 5.82 Å². The Morgan fingerprint density at radius 3 is 2.63 bits per heavy atom. The fourth-order valence-electron chi connectivity index (χ4n) is 2.16. The smallest absolute Gasteiger partial charge is 0.211 e. The number of aromatic nitrogens is 1. The van der Waals surface area contributed by atoms with Crippen LogP contribution in [-0.4, -0.2) is 11.4 Å². The molecule has 0 saturated carbocycles. The van der Waals surface area contributed by atoms with E-state index >= 15 is 0 Å². The molecule has 2 aromatic carbocycles. The van der Waals surface area contributed by atoms with Gasteiger partial charge in [0.15, 0.2) is 0 Å². The molecule has 4 heteroatoms. The largest absolute Gasteiger partial charge is 0.354 e. The van der Waals surface area contributed by atoms with Gasteiger partial charge in [0.2, 0.25) is 6.41 Å². The van der Waals surface area contributed by atoms with Crippen LogP contribution in [0.3, 0.4) is 0 Å². The van der Waals surface area contributed by atoms with Crippen LogP contribution in [0.1, 0.15) is 0 Å². The summed E-state index contributed by atoms with van der Waals surface area (Å²) in [5.41, 5.74) is 2.88. The molecule has 0 aliphatic rings. The lowest BCUT2D eigenvalue weighted by atomic mass is 10.1. The predicted octanol–water partition coefficient (Wildman–Crippen LogP) is 3.54. The normalized spacial score (nSPS) is 10.6. The third-order valence-corrected chi connectivity index (χ3v) is 3.04. The Hall–Kier alpha value is -2.62. The van der Waals surface area contributed by atoms with Crippen LogP contribution in [0.15, 0.2) is 48.5 Å². The van der Waals surface area contributed by atoms with Gasteiger partial charge in [0, 0.05) is 16.6 Å². The number of H-pyrrole nitrogens is 1. The van der Waals surface area contributed by atoms with Crippen molar-refractivity contribution >= 4 is 23.0 Å². The lowest BCUT2D eigenvalue weighted by molar-refractivity contribution is -0.105. The molecule has 3 rings (SSSR count). The number of carbonyl (C=O) groups excluding carboxylic acids is 1. The minimum absolute atomic E-state index is 0.200. The molecule has 3 aromatic rings. The second-order valence-corrected chi connectivity index (χ2v) is 4.19. The number of halogens is 1. The van der Waals surface area contributed by atoms with Crippen molar-refractivity contribution in [3.63, 3.8) is 0 Å². The zero-order chi connectivity index (χ0) is 13.2. The Morgan fingerprint density at radius 2 is 1.89 bits per heavy atom. The van der Waals surface area contributed by atoms with Crippen molar-refractivity contribution in [3.8, 4) is 11.3 Å². The first-order valence-electron chi connectivity index (χ1n) is 5.86. The van der Waals surface area contributed by atoms with Crippen molar-refractivity contribution in [2.24, 2.45) is 0 Å². The van der Waals surface area contributed by atoms with Crippen molar-refractivity contribution in [2.75, 3.05) is 5.32 Å². The number of nitrogens with one attached hydrogen (secondary N) is 2. The Balaban J connectivity index is 2.21. The number of hydrogen-bond donors (Lipinski definition) is 2. The summed E-state index contributed by atoms with van der Waals surface area (Å²) in [6.45, 7) is 0. The number of amides is 1. The molecule has 0 atom stereocenters. The number of anilines is 1. The monoisotopic (exact) mass is 254 g/mol. The van der Waals surface area contributed by atoms with Crippen molar-refractivity contribution in [1.29, 1.82) is 0 Å². The topological polar surface area (TPSA) is 44.9 Å². The van der Waals surface area contributed by atoms with E-state index in [4.69, 9.17) is 0 Å². The molecule has 0 unspecified atom stereocenters. The molecule has 1 heterocycles. The first-order valence-corrected chi connectivity index (χ1v) is 5.86. The van der Waals surface area contributed by atoms with Gasteiger partial charge in [0.25, 0.3) is 0 Å². The minimum atomic E-state index is -0.446. The van der Waals surface area contributed by atoms with Crippen LogP contribution in [0.4, 0.5) is 10.1 Å². The first-order chi connectivity index (χ1) is 9.29. The summed E-state index contributed by atoms with van der Waals surface area (Å²) in [5, 5.41) is 3.07. The average molecular weight is 254 g/mol. The molecule has 0 radical (unpaired) electrons. The van der Waals surface area contributed by atoms with Crippen LogP contribution >= 0.6 is 0 Å². The van der Waals surface area contributed by atoms with E-state index in [2.05, 4.69) is 10.3 Å². The summed E-state index contributed by atoms with van der Waals surface area (Å²) in [7, 11) is 0. The highest BCUT2D eigenvalue weighted by Crippen LogP contribution is 2.30. The quantitative estimate of drug-likeness (QED) is 0.690. The maximum atomic E-state index is 13.7. The molecular formula is C15H11FN2O. The molecule has 0 fully saturated rings. The van der Waals surface area contributed by atoms with E-state index in [0.29, 0.717) is 11.8 Å². The molecular weight excluding hydrogens is 243 g/mol. The third kappa shape index (κ3) is 1.97. The Morgan fingerprint density at radius 1 is 1.11 bits per heavy atom. The maximum absolute atomic E-state index is 13.7. The number of carbonyl (C=O) groups is 1. The van der Waals surface area contributed by atoms with Crippen molar-refractivity contribution in [3.05, 3.63) is 54.3 Å². The van der Waals surface area contributed by atoms with Gasteiger partial charge in [0.1, 0.15) is 5.82 Å². The van der Waals surface area contributed by atoms with Gasteiger partial charge in [-0.15, -0.1) is 0 Å². The Labute approximate surface area is 109 Å². The van der Waals surface area contributed by atoms with Gasteiger partial charge in [-0.05, 0) is 23.8 Å². The zero-order valence-corrected chi connectivity index (χ0v) is 9.98. The lowest BCUT2D eigenvalue weighted by Gasteiger charge is -2.01. The fraction of sp³-hybridized carbons (Fsp3) is 0. The van der Waals surface area contributed by atoms with Crippen molar-refractivity contribution < 1.29 is 9.18 Å². The minimum Gasteiger partial charge on any atom is -0.354 e. The number of aromatic amines is 1. The highest BCUT2D eigenvalue weighted by Gasteiger charge is 2.10. The van der Waals surface area contributed by atoms with E-state index in [9.17, 15) is 9.18 Å². The summed E-state index contributed by atoms with van der Waals surface area (Å²) >= 11 is 0. The molecule has 3 nitrogen and oxygen atoms in total. The lowest BCUT2D eigenvalue weighted by Crippen LogP contribution is -1.97. The molecule has 19 heavy (non-hydrogen) atoms. The highest BCUT2D eigenvalue weighted by molar-refractivity contribution is 5.99. The van der Waals surface area contributed by atoms with Gasteiger partial charge in [-0.2, -0.15) is 0 Å². The molecule has 1 amide bonds. The van der Waals surface area contributed by atoms with Crippen LogP contribution in [0.5, 0.6) is 0 Å². The van der Waals surface area contributed by atoms with E-state index in [-0.39, 0.29) is 5.69 Å². The highest BCUT2D eigenvalue weighted by atomic mass is 19.1. The summed E-state index contributed by atoms with van der Waals surface area (Å²) in [6.07, 6.45) is 0.479. The van der Waals surface area contributed by atoms with Gasteiger partial charge in [-0.1, -0.05) is 30.3 Å². The van der Waals surface area contributed by atoms with Crippen LogP contribution in [0.2, 0.25) is 0 Å². The molecule has 2 N–H and O–H groups in total. The third-order valence-electron chi connectivity index (χ3n) is 3.04. The van der Waals surface area contributed by atoms with E-state index < -0.39 is 5.82 Å². The van der Waals surface area contributed by atoms with E-state index in [1.54, 1.807) is 6.07 Å². The first kappa shape index (κ1) is 11.5. The molecule has 0 aliphatic carbocycles. The van der Waals surface area contributed by atoms with E-state index in [1.165, 1.54) is 6.07 Å². The second-order valence-electron chi connectivity index (χ2n) is 4.19. The summed E-state index contributed by atoms with van der Waals surface area (Å²) in [4.78, 5) is 13.8. The predicted molar refractivity (Wildman–Crippen MR) is 73.4 cm³/mol. The van der Waals surface area contributed by atoms with Gasteiger partial charge in [0.05, 0.1) is 5.69 Å². The molecule has 94 valence electrons. The van der Waals surface area contributed by atoms with Gasteiger partial charge in [-0.3, -0.25) is 4.79 Å². The number of fused-ring (bicyclic) bond motifs is 1. The maximum Gasteiger partial charge on any atom is 0.211 e. The Bertz CT molecular complexity index is 734. The SMILES string of the molecule is O=CNc1c(F)ccc2[nH]c(-c3ccccc3)cc12. The number of benzene rings is 2. The molecule has 0 saturated heterocycles. The van der Waals surface area contributed by atoms with E-state index in [0.717, 1.165) is 16.8 Å². The molecule has 1 aromatic heterocycles. The van der Waals surface area contributed by atoms with Crippen LogP contribution in [-0.2, 0) is 4.79 Å². The van der Waals surface area contributed by atoms with Gasteiger partial charge < -0.3 is 10.3 Å².